The van der Waals surface area contributed by atoms with Crippen LogP contribution in [0, 0.1) is 16.7 Å². The maximum absolute atomic E-state index is 14.5. The summed E-state index contributed by atoms with van der Waals surface area (Å²) in [6, 6.07) is 3.80. The molecule has 3 aliphatic heterocycles. The van der Waals surface area contributed by atoms with Crippen LogP contribution in [0.1, 0.15) is 110 Å². The van der Waals surface area contributed by atoms with Crippen LogP contribution in [-0.4, -0.2) is 90.3 Å². The number of carbonyl (C=O) groups is 5. The molecule has 14 nitrogen and oxygen atoms in total. The second-order valence-corrected chi connectivity index (χ2v) is 19.5. The Kier molecular flexibility index (Phi) is 10.6. The van der Waals surface area contributed by atoms with Gasteiger partial charge in [-0.3, -0.25) is 24.0 Å². The van der Waals surface area contributed by atoms with E-state index in [1.807, 2.05) is 32.9 Å². The largest absolute Gasteiger partial charge is 0.449 e. The third-order valence-corrected chi connectivity index (χ3v) is 13.3. The number of rotatable bonds is 6. The van der Waals surface area contributed by atoms with Gasteiger partial charge in [0.2, 0.25) is 21.8 Å². The van der Waals surface area contributed by atoms with E-state index in [-0.39, 0.29) is 37.3 Å². The van der Waals surface area contributed by atoms with Gasteiger partial charge < -0.3 is 25.0 Å². The number of amides is 5. The number of benzene rings is 1. The first-order chi connectivity index (χ1) is 24.8. The lowest BCUT2D eigenvalue weighted by atomic mass is 9.85. The molecule has 3 heterocycles. The molecule has 6 rings (SSSR count). The van der Waals surface area contributed by atoms with E-state index < -0.39 is 74.3 Å². The molecule has 1 saturated heterocycles. The Labute approximate surface area is 312 Å². The van der Waals surface area contributed by atoms with Crippen LogP contribution < -0.4 is 15.4 Å². The molecule has 3 fully saturated rings. The van der Waals surface area contributed by atoms with Crippen LogP contribution in [0.15, 0.2) is 18.2 Å². The molecular formula is C38H55N5O9S. The molecule has 4 bridgehead atoms. The smallest absolute Gasteiger partial charge is 0.410 e. The second kappa shape index (κ2) is 14.4. The lowest BCUT2D eigenvalue weighted by Gasteiger charge is -2.35. The summed E-state index contributed by atoms with van der Waals surface area (Å²) in [6.45, 7) is 12.1. The van der Waals surface area contributed by atoms with Crippen molar-refractivity contribution in [3.05, 3.63) is 34.9 Å². The average Bonchev–Trinajstić information content (AvgIpc) is 3.97. The van der Waals surface area contributed by atoms with Crippen LogP contribution >= 0.6 is 0 Å². The molecule has 5 aliphatic rings. The summed E-state index contributed by atoms with van der Waals surface area (Å²) in [6.07, 6.45) is 2.94. The first-order valence-corrected chi connectivity index (χ1v) is 20.6. The molecule has 53 heavy (non-hydrogen) atoms. The van der Waals surface area contributed by atoms with Gasteiger partial charge in [-0.1, -0.05) is 72.6 Å². The molecule has 0 spiro atoms. The molecule has 2 unspecified atom stereocenters. The Bertz CT molecular complexity index is 1750. The molecule has 292 valence electrons. The van der Waals surface area contributed by atoms with E-state index in [1.54, 1.807) is 25.7 Å². The number of alkyl carbamates (subject to hydrolysis) is 1. The van der Waals surface area contributed by atoms with Crippen LogP contribution in [-0.2, 0) is 53.4 Å². The van der Waals surface area contributed by atoms with Gasteiger partial charge in [-0.2, -0.15) is 0 Å². The minimum Gasteiger partial charge on any atom is -0.449 e. The zero-order valence-electron chi connectivity index (χ0n) is 31.8. The van der Waals surface area contributed by atoms with E-state index in [0.29, 0.717) is 32.4 Å². The summed E-state index contributed by atoms with van der Waals surface area (Å²) >= 11 is 0. The van der Waals surface area contributed by atoms with Crippen LogP contribution in [0.5, 0.6) is 0 Å². The lowest BCUT2D eigenvalue weighted by molar-refractivity contribution is -0.143. The molecule has 2 aliphatic carbocycles. The van der Waals surface area contributed by atoms with Crippen molar-refractivity contribution in [2.24, 2.45) is 16.7 Å². The SMILES string of the molecule is CC[C@@H]1C[C@]1(NC(=O)[C@@H]1CC2CN1C(=O)C(C(C)(C)C)NC(=O)OCC(C)(C)CCCCc1cccc3c1CN(C3)C(=O)O2)C(=O)NS(=O)(=O)C1CC1. The van der Waals surface area contributed by atoms with Crippen LogP contribution in [0.3, 0.4) is 0 Å². The Morgan fingerprint density at radius 2 is 1.77 bits per heavy atom. The van der Waals surface area contributed by atoms with Gasteiger partial charge in [0, 0.05) is 19.5 Å². The maximum atomic E-state index is 14.5. The van der Waals surface area contributed by atoms with Crippen LogP contribution in [0.25, 0.3) is 0 Å². The third-order valence-electron chi connectivity index (χ3n) is 11.5. The van der Waals surface area contributed by atoms with Crippen molar-refractivity contribution in [3.8, 4) is 0 Å². The number of ether oxygens (including phenoxy) is 2. The predicted octanol–water partition coefficient (Wildman–Crippen LogP) is 3.90. The first-order valence-electron chi connectivity index (χ1n) is 19.0. The molecule has 0 radical (unpaired) electrons. The van der Waals surface area contributed by atoms with Crippen LogP contribution in [0.4, 0.5) is 9.59 Å². The fourth-order valence-corrected chi connectivity index (χ4v) is 9.33. The highest BCUT2D eigenvalue weighted by atomic mass is 32.2. The summed E-state index contributed by atoms with van der Waals surface area (Å²) in [5.74, 6) is -2.33. The van der Waals surface area contributed by atoms with Gasteiger partial charge in [-0.25, -0.2) is 18.0 Å². The van der Waals surface area contributed by atoms with E-state index in [2.05, 4.69) is 21.4 Å². The van der Waals surface area contributed by atoms with E-state index in [0.717, 1.165) is 36.8 Å². The van der Waals surface area contributed by atoms with Crippen molar-refractivity contribution in [1.29, 1.82) is 0 Å². The van der Waals surface area contributed by atoms with Gasteiger partial charge in [0.1, 0.15) is 23.7 Å². The van der Waals surface area contributed by atoms with Crippen molar-refractivity contribution in [2.75, 3.05) is 13.2 Å². The molecule has 1 aromatic rings. The Hall–Kier alpha value is -3.88. The van der Waals surface area contributed by atoms with Gasteiger partial charge in [-0.15, -0.1) is 0 Å². The van der Waals surface area contributed by atoms with Gasteiger partial charge in [0.25, 0.3) is 5.91 Å². The van der Waals surface area contributed by atoms with Crippen LogP contribution in [0.2, 0.25) is 0 Å². The fraction of sp³-hybridized carbons (Fsp3) is 0.711. The van der Waals surface area contributed by atoms with Crippen molar-refractivity contribution in [1.82, 2.24) is 25.2 Å². The average molecular weight is 758 g/mol. The molecule has 15 heteroatoms. The van der Waals surface area contributed by atoms with Crippen molar-refractivity contribution in [2.45, 2.75) is 141 Å². The quantitative estimate of drug-likeness (QED) is 0.388. The number of aryl methyl sites for hydroxylation is 1. The van der Waals surface area contributed by atoms with Crippen molar-refractivity contribution in [3.63, 3.8) is 0 Å². The summed E-state index contributed by atoms with van der Waals surface area (Å²) in [4.78, 5) is 72.1. The summed E-state index contributed by atoms with van der Waals surface area (Å²) < 4.78 is 39.3. The maximum Gasteiger partial charge on any atom is 0.410 e. The zero-order chi connectivity index (χ0) is 38.5. The highest BCUT2D eigenvalue weighted by Gasteiger charge is 2.62. The second-order valence-electron chi connectivity index (χ2n) is 17.5. The van der Waals surface area contributed by atoms with Gasteiger partial charge >= 0.3 is 12.2 Å². The molecule has 2 saturated carbocycles. The summed E-state index contributed by atoms with van der Waals surface area (Å²) in [5.41, 5.74) is 0.742. The number of hydrogen-bond acceptors (Lipinski definition) is 9. The Morgan fingerprint density at radius 1 is 1.06 bits per heavy atom. The summed E-state index contributed by atoms with van der Waals surface area (Å²) in [5, 5.41) is 4.95. The lowest BCUT2D eigenvalue weighted by Crippen LogP contribution is -2.60. The number of carbonyl (C=O) groups excluding carboxylic acids is 5. The first kappa shape index (κ1) is 38.8. The van der Waals surface area contributed by atoms with Crippen molar-refractivity contribution >= 4 is 39.9 Å². The predicted molar refractivity (Wildman–Crippen MR) is 194 cm³/mol. The number of fused-ring (bicyclic) bond motifs is 3. The number of sulfonamides is 1. The zero-order valence-corrected chi connectivity index (χ0v) is 32.6. The number of nitrogens with one attached hydrogen (secondary N) is 3. The number of nitrogens with zero attached hydrogens (tertiary/aromatic N) is 2. The molecule has 1 aromatic carbocycles. The molecule has 0 aromatic heterocycles. The number of hydrogen-bond donors (Lipinski definition) is 3. The molecular weight excluding hydrogens is 703 g/mol. The minimum atomic E-state index is -3.88. The monoisotopic (exact) mass is 757 g/mol. The Balaban J connectivity index is 1.28. The third kappa shape index (κ3) is 8.44. The van der Waals surface area contributed by atoms with E-state index >= 15 is 0 Å². The van der Waals surface area contributed by atoms with E-state index in [4.69, 9.17) is 9.47 Å². The molecule has 5 atom stereocenters. The highest BCUT2D eigenvalue weighted by Crippen LogP contribution is 2.47. The van der Waals surface area contributed by atoms with Gasteiger partial charge in [0.15, 0.2) is 0 Å². The minimum absolute atomic E-state index is 0.0558. The normalized spacial score (nSPS) is 29.4. The van der Waals surface area contributed by atoms with E-state index in [1.165, 1.54) is 10.5 Å². The topological polar surface area (TPSA) is 181 Å². The van der Waals surface area contributed by atoms with Gasteiger partial charge in [0.05, 0.1) is 18.4 Å². The fourth-order valence-electron chi connectivity index (χ4n) is 7.97. The summed E-state index contributed by atoms with van der Waals surface area (Å²) in [7, 11) is -3.88. The number of cyclic esters (lactones) is 1. The Morgan fingerprint density at radius 3 is 2.43 bits per heavy atom. The standard InChI is InChI=1S/C38H55N5O9S/c1-7-25-18-38(25,33(46)41-53(49,50)27-14-15-27)40-31(44)29-17-26-20-43(29)32(45)30(36(2,3)4)39-34(47)51-22-37(5,6)16-9-8-11-23-12-10-13-24-19-42(21-28(23)24)35(48)52-26/h10,12-13,25-27,29-30H,7-9,11,14-22H2,1-6H3,(H,39,47)(H,40,44)(H,41,46)/t25-,26?,29+,30?,38-/m1/s1. The highest BCUT2D eigenvalue weighted by molar-refractivity contribution is 7.91. The molecule has 3 N–H and O–H groups in total. The van der Waals surface area contributed by atoms with Gasteiger partial charge in [-0.05, 0) is 72.0 Å². The molecule has 5 amide bonds. The van der Waals surface area contributed by atoms with E-state index in [9.17, 15) is 32.4 Å². The van der Waals surface area contributed by atoms with Crippen molar-refractivity contribution < 1.29 is 41.9 Å².